The van der Waals surface area contributed by atoms with Crippen molar-refractivity contribution in [3.8, 4) is 0 Å². The molecule has 0 saturated carbocycles. The molecule has 0 aromatic heterocycles. The van der Waals surface area contributed by atoms with Gasteiger partial charge in [0.05, 0.1) is 13.2 Å². The molecule has 6 heteroatoms. The van der Waals surface area contributed by atoms with Crippen LogP contribution in [0.1, 0.15) is 6.92 Å². The number of carboxylic acid groups (broad SMARTS) is 2. The van der Waals surface area contributed by atoms with Crippen molar-refractivity contribution in [1.29, 1.82) is 0 Å². The second kappa shape index (κ2) is 5.90. The van der Waals surface area contributed by atoms with Crippen LogP contribution in [0.15, 0.2) is 0 Å². The molecule has 0 spiro atoms. The second-order valence-electron chi connectivity index (χ2n) is 2.10. The number of aliphatic hydroxyl groups is 3. The third-order valence-corrected chi connectivity index (χ3v) is 0.681. The van der Waals surface area contributed by atoms with Gasteiger partial charge in [-0.3, -0.25) is 0 Å². The summed E-state index contributed by atoms with van der Waals surface area (Å²) >= 11 is 0. The molecular formula is C5H12O6. The molecule has 11 heavy (non-hydrogen) atoms. The highest BCUT2D eigenvalue weighted by Gasteiger charge is 2.15. The van der Waals surface area contributed by atoms with Crippen molar-refractivity contribution in [2.24, 2.45) is 0 Å². The Balaban J connectivity index is 0. The Morgan fingerprint density at radius 1 is 1.27 bits per heavy atom. The Kier molecular flexibility index (Phi) is 6.86. The largest absolute Gasteiger partial charge is 0.503 e. The van der Waals surface area contributed by atoms with Crippen LogP contribution >= 0.6 is 0 Å². The number of carbonyl (C=O) groups is 1. The van der Waals surface area contributed by atoms with Crippen LogP contribution < -0.4 is 0 Å². The SMILES string of the molecule is CC(O)(CO)CO.O=C(O)O. The van der Waals surface area contributed by atoms with Crippen molar-refractivity contribution in [3.63, 3.8) is 0 Å². The van der Waals surface area contributed by atoms with E-state index in [0.717, 1.165) is 0 Å². The highest BCUT2D eigenvalue weighted by Crippen LogP contribution is 1.96. The van der Waals surface area contributed by atoms with Gasteiger partial charge in [0.2, 0.25) is 0 Å². The lowest BCUT2D eigenvalue weighted by atomic mass is 10.1. The summed E-state index contributed by atoms with van der Waals surface area (Å²) in [6, 6.07) is 0. The number of rotatable bonds is 2. The fourth-order valence-electron chi connectivity index (χ4n) is 0.0500. The van der Waals surface area contributed by atoms with Gasteiger partial charge in [0.1, 0.15) is 5.60 Å². The van der Waals surface area contributed by atoms with Gasteiger partial charge in [0, 0.05) is 0 Å². The van der Waals surface area contributed by atoms with E-state index in [1.165, 1.54) is 6.92 Å². The van der Waals surface area contributed by atoms with E-state index in [-0.39, 0.29) is 0 Å². The van der Waals surface area contributed by atoms with E-state index in [9.17, 15) is 0 Å². The molecule has 0 amide bonds. The Bertz CT molecular complexity index is 99.5. The zero-order valence-electron chi connectivity index (χ0n) is 6.06. The van der Waals surface area contributed by atoms with Gasteiger partial charge >= 0.3 is 6.16 Å². The van der Waals surface area contributed by atoms with Crippen molar-refractivity contribution >= 4 is 6.16 Å². The first-order valence-electron chi connectivity index (χ1n) is 2.71. The lowest BCUT2D eigenvalue weighted by Crippen LogP contribution is -2.33. The van der Waals surface area contributed by atoms with Crippen LogP contribution in [0, 0.1) is 0 Å². The minimum Gasteiger partial charge on any atom is -0.450 e. The third kappa shape index (κ3) is 17.6. The molecule has 68 valence electrons. The lowest BCUT2D eigenvalue weighted by Gasteiger charge is -2.14. The molecule has 0 aliphatic rings. The summed E-state index contributed by atoms with van der Waals surface area (Å²) in [6.07, 6.45) is -1.83. The van der Waals surface area contributed by atoms with E-state index < -0.39 is 25.0 Å². The van der Waals surface area contributed by atoms with Gasteiger partial charge in [-0.15, -0.1) is 0 Å². The van der Waals surface area contributed by atoms with Crippen molar-refractivity contribution < 1.29 is 30.3 Å². The molecule has 0 saturated heterocycles. The predicted octanol–water partition coefficient (Wildman–Crippen LogP) is -1.06. The molecule has 0 rings (SSSR count). The quantitative estimate of drug-likeness (QED) is 0.359. The lowest BCUT2D eigenvalue weighted by molar-refractivity contribution is -0.0399. The molecule has 0 bridgehead atoms. The first kappa shape index (κ1) is 12.8. The normalized spacial score (nSPS) is 9.82. The van der Waals surface area contributed by atoms with Crippen LogP contribution in [0.4, 0.5) is 4.79 Å². The molecule has 0 unspecified atom stereocenters. The topological polar surface area (TPSA) is 118 Å². The summed E-state index contributed by atoms with van der Waals surface area (Å²) in [4.78, 5) is 8.56. The predicted molar refractivity (Wildman–Crippen MR) is 35.4 cm³/mol. The van der Waals surface area contributed by atoms with E-state index in [0.29, 0.717) is 0 Å². The molecule has 5 N–H and O–H groups in total. The van der Waals surface area contributed by atoms with Gasteiger partial charge < -0.3 is 25.5 Å². The molecule has 0 radical (unpaired) electrons. The van der Waals surface area contributed by atoms with Crippen LogP contribution in [-0.4, -0.2) is 50.5 Å². The Hall–Kier alpha value is -0.850. The van der Waals surface area contributed by atoms with Crippen LogP contribution in [0.2, 0.25) is 0 Å². The maximum atomic E-state index is 8.63. The van der Waals surface area contributed by atoms with Crippen molar-refractivity contribution in [2.45, 2.75) is 12.5 Å². The second-order valence-corrected chi connectivity index (χ2v) is 2.10. The van der Waals surface area contributed by atoms with Crippen molar-refractivity contribution in [3.05, 3.63) is 0 Å². The Morgan fingerprint density at radius 2 is 1.45 bits per heavy atom. The van der Waals surface area contributed by atoms with Gasteiger partial charge in [-0.1, -0.05) is 0 Å². The Morgan fingerprint density at radius 3 is 1.45 bits per heavy atom. The van der Waals surface area contributed by atoms with E-state index in [2.05, 4.69) is 0 Å². The zero-order chi connectivity index (χ0) is 9.49. The minimum absolute atomic E-state index is 0.399. The van der Waals surface area contributed by atoms with Gasteiger partial charge in [-0.05, 0) is 6.92 Å². The number of hydrogen-bond donors (Lipinski definition) is 5. The highest BCUT2D eigenvalue weighted by molar-refractivity contribution is 5.53. The van der Waals surface area contributed by atoms with Crippen LogP contribution in [0.3, 0.4) is 0 Å². The number of aliphatic hydroxyl groups excluding tert-OH is 2. The van der Waals surface area contributed by atoms with Gasteiger partial charge in [0.15, 0.2) is 0 Å². The Labute approximate surface area is 63.3 Å². The molecule has 0 heterocycles. The maximum Gasteiger partial charge on any atom is 0.503 e. The summed E-state index contributed by atoms with van der Waals surface area (Å²) in [6.45, 7) is 0.556. The first-order chi connectivity index (χ1) is 4.85. The van der Waals surface area contributed by atoms with Crippen LogP contribution in [-0.2, 0) is 0 Å². The van der Waals surface area contributed by atoms with Crippen LogP contribution in [0.25, 0.3) is 0 Å². The van der Waals surface area contributed by atoms with E-state index in [1.54, 1.807) is 0 Å². The van der Waals surface area contributed by atoms with Crippen LogP contribution in [0.5, 0.6) is 0 Å². The van der Waals surface area contributed by atoms with E-state index >= 15 is 0 Å². The summed E-state index contributed by atoms with van der Waals surface area (Å²) < 4.78 is 0. The summed E-state index contributed by atoms with van der Waals surface area (Å²) in [5.41, 5.74) is -1.31. The molecule has 6 nitrogen and oxygen atoms in total. The molecule has 0 aromatic carbocycles. The average Bonchev–Trinajstić information content (AvgIpc) is 1.87. The average molecular weight is 168 g/mol. The summed E-state index contributed by atoms with van der Waals surface area (Å²) in [5, 5.41) is 38.9. The molecular weight excluding hydrogens is 156 g/mol. The molecule has 0 fully saturated rings. The molecule has 0 aromatic rings. The smallest absolute Gasteiger partial charge is 0.450 e. The summed E-state index contributed by atoms with van der Waals surface area (Å²) in [7, 11) is 0. The zero-order valence-corrected chi connectivity index (χ0v) is 6.06. The fourth-order valence-corrected chi connectivity index (χ4v) is 0.0500. The molecule has 0 atom stereocenters. The maximum absolute atomic E-state index is 8.63. The molecule has 0 aliphatic carbocycles. The fraction of sp³-hybridized carbons (Fsp3) is 0.800. The standard InChI is InChI=1S/C4H10O3.CH2O3/c1-4(7,2-5)3-6;2-1(3)4/h5-7H,2-3H2,1H3;(H2,2,3,4). The molecule has 0 aliphatic heterocycles. The monoisotopic (exact) mass is 168 g/mol. The minimum atomic E-state index is -1.83. The van der Waals surface area contributed by atoms with Crippen molar-refractivity contribution in [2.75, 3.05) is 13.2 Å². The third-order valence-electron chi connectivity index (χ3n) is 0.681. The highest BCUT2D eigenvalue weighted by atomic mass is 16.6. The van der Waals surface area contributed by atoms with Gasteiger partial charge in [-0.2, -0.15) is 0 Å². The first-order valence-corrected chi connectivity index (χ1v) is 2.71. The van der Waals surface area contributed by atoms with Gasteiger partial charge in [-0.25, -0.2) is 4.79 Å². The van der Waals surface area contributed by atoms with E-state index in [4.69, 9.17) is 30.3 Å². The van der Waals surface area contributed by atoms with Gasteiger partial charge in [0.25, 0.3) is 0 Å². The van der Waals surface area contributed by atoms with E-state index in [1.807, 2.05) is 0 Å². The number of hydrogen-bond acceptors (Lipinski definition) is 4. The van der Waals surface area contributed by atoms with Crippen molar-refractivity contribution in [1.82, 2.24) is 0 Å². The summed E-state index contributed by atoms with van der Waals surface area (Å²) in [5.74, 6) is 0.